The lowest BCUT2D eigenvalue weighted by Crippen LogP contribution is -2.51. The highest BCUT2D eigenvalue weighted by atomic mass is 35.5. The largest absolute Gasteiger partial charge is 0.381 e. The van der Waals surface area contributed by atoms with E-state index in [4.69, 9.17) is 21.3 Å². The van der Waals surface area contributed by atoms with E-state index in [9.17, 15) is 0 Å². The summed E-state index contributed by atoms with van der Waals surface area (Å²) >= 11 is 6.15. The van der Waals surface area contributed by atoms with E-state index in [0.717, 1.165) is 35.6 Å². The van der Waals surface area contributed by atoms with Gasteiger partial charge < -0.3 is 9.30 Å². The van der Waals surface area contributed by atoms with Gasteiger partial charge in [-0.15, -0.1) is 11.6 Å². The summed E-state index contributed by atoms with van der Waals surface area (Å²) in [5.74, 6) is 1.35. The van der Waals surface area contributed by atoms with Gasteiger partial charge in [0.25, 0.3) is 0 Å². The zero-order valence-electron chi connectivity index (χ0n) is 13.4. The van der Waals surface area contributed by atoms with Crippen molar-refractivity contribution >= 4 is 22.8 Å². The van der Waals surface area contributed by atoms with Crippen LogP contribution in [0, 0.1) is 12.3 Å². The monoisotopic (exact) mass is 310 g/mol. The first-order valence-electron chi connectivity index (χ1n) is 7.48. The second kappa shape index (κ2) is 4.99. The van der Waals surface area contributed by atoms with Gasteiger partial charge in [0.05, 0.1) is 17.7 Å². The maximum absolute atomic E-state index is 6.15. The molecule has 1 aliphatic carbocycles. The van der Waals surface area contributed by atoms with Gasteiger partial charge >= 0.3 is 0 Å². The van der Waals surface area contributed by atoms with Gasteiger partial charge in [0.2, 0.25) is 0 Å². The molecule has 0 N–H and O–H groups in total. The van der Waals surface area contributed by atoms with E-state index in [1.165, 1.54) is 0 Å². The Labute approximate surface area is 130 Å². The molecule has 0 radical (unpaired) electrons. The molecule has 0 bridgehead atoms. The van der Waals surface area contributed by atoms with Crippen LogP contribution in [-0.2, 0) is 17.2 Å². The molecule has 2 unspecified atom stereocenters. The predicted molar refractivity (Wildman–Crippen MR) is 83.7 cm³/mol. The van der Waals surface area contributed by atoms with Crippen LogP contribution in [0.2, 0.25) is 0 Å². The fourth-order valence-electron chi connectivity index (χ4n) is 3.58. The first-order valence-corrected chi connectivity index (χ1v) is 8.02. The average molecular weight is 311 g/mol. The van der Waals surface area contributed by atoms with Crippen molar-refractivity contribution < 1.29 is 4.74 Å². The third-order valence-electron chi connectivity index (χ3n) is 4.96. The van der Waals surface area contributed by atoms with Gasteiger partial charge in [0.1, 0.15) is 11.3 Å². The third kappa shape index (κ3) is 1.94. The molecule has 0 saturated heterocycles. The molecule has 2 aromatic heterocycles. The molecule has 0 spiro atoms. The quantitative estimate of drug-likeness (QED) is 0.814. The van der Waals surface area contributed by atoms with Gasteiger partial charge in [0.15, 0.2) is 5.65 Å². The molecule has 116 valence electrons. The Balaban J connectivity index is 2.17. The summed E-state index contributed by atoms with van der Waals surface area (Å²) < 4.78 is 9.91. The van der Waals surface area contributed by atoms with Crippen molar-refractivity contribution in [3.63, 3.8) is 0 Å². The van der Waals surface area contributed by atoms with Crippen molar-refractivity contribution in [1.29, 1.82) is 0 Å². The van der Waals surface area contributed by atoms with E-state index in [2.05, 4.69) is 30.4 Å². The highest BCUT2D eigenvalue weighted by Crippen LogP contribution is 2.52. The summed E-state index contributed by atoms with van der Waals surface area (Å²) in [4.78, 5) is 4.73. The molecule has 2 aromatic rings. The number of aryl methyl sites for hydroxylation is 2. The zero-order valence-corrected chi connectivity index (χ0v) is 14.1. The van der Waals surface area contributed by atoms with Crippen molar-refractivity contribution in [1.82, 2.24) is 19.3 Å². The van der Waals surface area contributed by atoms with Gasteiger partial charge in [-0.1, -0.05) is 13.8 Å². The predicted octanol–water partition coefficient (Wildman–Crippen LogP) is 3.29. The Morgan fingerprint density at radius 3 is 2.67 bits per heavy atom. The van der Waals surface area contributed by atoms with Crippen molar-refractivity contribution in [3.8, 4) is 0 Å². The number of halogens is 1. The molecular formula is C15H23ClN4O. The zero-order chi connectivity index (χ0) is 15.4. The normalized spacial score (nSPS) is 24.5. The third-order valence-corrected chi connectivity index (χ3v) is 5.20. The minimum absolute atomic E-state index is 0.0694. The van der Waals surface area contributed by atoms with Gasteiger partial charge in [-0.3, -0.25) is 0 Å². The van der Waals surface area contributed by atoms with Crippen LogP contribution >= 0.6 is 11.6 Å². The second-order valence-electron chi connectivity index (χ2n) is 6.40. The van der Waals surface area contributed by atoms with Gasteiger partial charge in [-0.05, 0) is 20.3 Å². The molecule has 1 aliphatic rings. The summed E-state index contributed by atoms with van der Waals surface area (Å²) in [5, 5.41) is 4.59. The number of alkyl halides is 1. The minimum atomic E-state index is 0.0694. The molecule has 21 heavy (non-hydrogen) atoms. The maximum atomic E-state index is 6.15. The van der Waals surface area contributed by atoms with Crippen LogP contribution in [0.5, 0.6) is 0 Å². The number of rotatable bonds is 4. The van der Waals surface area contributed by atoms with Crippen molar-refractivity contribution in [3.05, 3.63) is 11.5 Å². The molecule has 0 aliphatic heterocycles. The fraction of sp³-hybridized carbons (Fsp3) is 0.733. The van der Waals surface area contributed by atoms with E-state index >= 15 is 0 Å². The molecule has 5 nitrogen and oxygen atoms in total. The fourth-order valence-corrected chi connectivity index (χ4v) is 3.77. The number of hydrogen-bond acceptors (Lipinski definition) is 3. The lowest BCUT2D eigenvalue weighted by atomic mass is 9.64. The first kappa shape index (κ1) is 14.9. The van der Waals surface area contributed by atoms with E-state index in [1.54, 1.807) is 7.11 Å². The number of aromatic nitrogens is 4. The topological polar surface area (TPSA) is 44.9 Å². The highest BCUT2D eigenvalue weighted by Gasteiger charge is 2.51. The Bertz CT molecular complexity index is 673. The van der Waals surface area contributed by atoms with Crippen LogP contribution in [0.25, 0.3) is 11.2 Å². The number of fused-ring (bicyclic) bond motifs is 1. The molecule has 2 atom stereocenters. The van der Waals surface area contributed by atoms with E-state index in [-0.39, 0.29) is 11.5 Å². The smallest absolute Gasteiger partial charge is 0.159 e. The van der Waals surface area contributed by atoms with Gasteiger partial charge in [-0.25, -0.2) is 9.67 Å². The van der Waals surface area contributed by atoms with Gasteiger partial charge in [0, 0.05) is 25.1 Å². The van der Waals surface area contributed by atoms with Crippen LogP contribution in [0.15, 0.2) is 0 Å². The molecule has 2 heterocycles. The van der Waals surface area contributed by atoms with Crippen LogP contribution in [0.3, 0.4) is 0 Å². The molecule has 0 aromatic carbocycles. The van der Waals surface area contributed by atoms with Crippen molar-refractivity contribution in [2.24, 2.45) is 5.41 Å². The maximum Gasteiger partial charge on any atom is 0.159 e. The Hall–Kier alpha value is -1.07. The molecule has 3 rings (SSSR count). The number of hydrogen-bond donors (Lipinski definition) is 0. The molecular weight excluding hydrogens is 288 g/mol. The lowest BCUT2D eigenvalue weighted by Gasteiger charge is -2.52. The van der Waals surface area contributed by atoms with Crippen LogP contribution < -0.4 is 0 Å². The SMILES string of the molecule is CCn1nc(C)c2nc(CCl)n(C3CC(OC)C3(C)C)c21. The number of ether oxygens (including phenoxy) is 1. The summed E-state index contributed by atoms with van der Waals surface area (Å²) in [7, 11) is 1.79. The average Bonchev–Trinajstić information content (AvgIpc) is 2.96. The Kier molecular flexibility index (Phi) is 3.53. The second-order valence-corrected chi connectivity index (χ2v) is 6.67. The van der Waals surface area contributed by atoms with Crippen LogP contribution in [-0.4, -0.2) is 32.5 Å². The van der Waals surface area contributed by atoms with E-state index < -0.39 is 0 Å². The first-order chi connectivity index (χ1) is 9.95. The lowest BCUT2D eigenvalue weighted by molar-refractivity contribution is -0.112. The number of methoxy groups -OCH3 is 1. The van der Waals surface area contributed by atoms with Crippen molar-refractivity contribution in [2.45, 2.75) is 58.7 Å². The number of imidazole rings is 1. The minimum Gasteiger partial charge on any atom is -0.381 e. The van der Waals surface area contributed by atoms with E-state index in [1.807, 2.05) is 11.6 Å². The Morgan fingerprint density at radius 2 is 2.14 bits per heavy atom. The summed E-state index contributed by atoms with van der Waals surface area (Å²) in [5.41, 5.74) is 3.11. The van der Waals surface area contributed by atoms with Crippen LogP contribution in [0.4, 0.5) is 0 Å². The standard InChI is InChI=1S/C15H23ClN4O/c1-6-19-14-13(9(2)18-19)17-12(8-16)20(14)10-7-11(21-5)15(10,3)4/h10-11H,6-8H2,1-5H3. The van der Waals surface area contributed by atoms with Gasteiger partial charge in [-0.2, -0.15) is 5.10 Å². The molecule has 6 heteroatoms. The summed E-state index contributed by atoms with van der Waals surface area (Å²) in [6, 6.07) is 0.350. The van der Waals surface area contributed by atoms with Crippen LogP contribution in [0.1, 0.15) is 44.8 Å². The van der Waals surface area contributed by atoms with Crippen molar-refractivity contribution in [2.75, 3.05) is 7.11 Å². The summed E-state index contributed by atoms with van der Waals surface area (Å²) in [6.07, 6.45) is 1.27. The molecule has 0 amide bonds. The number of nitrogens with zero attached hydrogens (tertiary/aromatic N) is 4. The molecule has 1 saturated carbocycles. The Morgan fingerprint density at radius 1 is 1.43 bits per heavy atom. The van der Waals surface area contributed by atoms with E-state index in [0.29, 0.717) is 11.9 Å². The molecule has 1 fully saturated rings. The highest BCUT2D eigenvalue weighted by molar-refractivity contribution is 6.16. The summed E-state index contributed by atoms with van der Waals surface area (Å²) in [6.45, 7) is 9.44.